The minimum atomic E-state index is 0.440. The summed E-state index contributed by atoms with van der Waals surface area (Å²) in [6.45, 7) is 2.32. The van der Waals surface area contributed by atoms with Crippen LogP contribution in [0.5, 0.6) is 11.5 Å². The molecule has 19 heavy (non-hydrogen) atoms. The van der Waals surface area contributed by atoms with Crippen LogP contribution in [-0.2, 0) is 6.61 Å². The van der Waals surface area contributed by atoms with Crippen LogP contribution in [0.15, 0.2) is 47.6 Å². The first-order valence-corrected chi connectivity index (χ1v) is 5.97. The molecule has 0 aliphatic heterocycles. The van der Waals surface area contributed by atoms with E-state index in [-0.39, 0.29) is 0 Å². The molecule has 0 atom stereocenters. The Hall–Kier alpha value is -2.36. The normalized spacial score (nSPS) is 10.0. The molecule has 0 bridgehead atoms. The number of methoxy groups -OCH3 is 1. The molecule has 0 unspecified atom stereocenters. The lowest BCUT2D eigenvalue weighted by atomic mass is 10.1. The Morgan fingerprint density at radius 1 is 1.16 bits per heavy atom. The molecular formula is C15H16N2O2. The number of rotatable bonds is 5. The maximum atomic E-state index is 7.24. The van der Waals surface area contributed by atoms with Gasteiger partial charge in [0.15, 0.2) is 5.75 Å². The van der Waals surface area contributed by atoms with Gasteiger partial charge in [0.1, 0.15) is 18.0 Å². The van der Waals surface area contributed by atoms with Crippen LogP contribution in [0.2, 0.25) is 0 Å². The number of ether oxygens (including phenoxy) is 2. The van der Waals surface area contributed by atoms with E-state index < -0.39 is 0 Å². The fourth-order valence-electron chi connectivity index (χ4n) is 1.82. The zero-order valence-corrected chi connectivity index (χ0v) is 11.0. The molecule has 0 aliphatic rings. The minimum absolute atomic E-state index is 0.440. The third-order valence-corrected chi connectivity index (χ3v) is 2.82. The molecule has 2 aromatic rings. The van der Waals surface area contributed by atoms with Gasteiger partial charge in [-0.15, -0.1) is 0 Å². The summed E-state index contributed by atoms with van der Waals surface area (Å²) in [5.74, 6) is 1.27. The van der Waals surface area contributed by atoms with Gasteiger partial charge in [-0.3, -0.25) is 0 Å². The van der Waals surface area contributed by atoms with Crippen molar-refractivity contribution in [2.75, 3.05) is 7.11 Å². The lowest BCUT2D eigenvalue weighted by Crippen LogP contribution is -1.97. The van der Waals surface area contributed by atoms with Gasteiger partial charge in [-0.05, 0) is 24.1 Å². The van der Waals surface area contributed by atoms with E-state index in [2.05, 4.69) is 5.11 Å². The van der Waals surface area contributed by atoms with Crippen molar-refractivity contribution in [2.45, 2.75) is 13.5 Å². The van der Waals surface area contributed by atoms with Crippen LogP contribution in [0.25, 0.3) is 0 Å². The lowest BCUT2D eigenvalue weighted by molar-refractivity contribution is 0.304. The van der Waals surface area contributed by atoms with Crippen LogP contribution in [-0.4, -0.2) is 7.11 Å². The van der Waals surface area contributed by atoms with Crippen molar-refractivity contribution >= 4 is 5.69 Å². The van der Waals surface area contributed by atoms with Crippen molar-refractivity contribution in [3.8, 4) is 11.5 Å². The second-order valence-corrected chi connectivity index (χ2v) is 4.18. The van der Waals surface area contributed by atoms with E-state index in [4.69, 9.17) is 15.0 Å². The molecule has 0 aromatic heterocycles. The molecule has 98 valence electrons. The second-order valence-electron chi connectivity index (χ2n) is 4.18. The van der Waals surface area contributed by atoms with E-state index in [1.54, 1.807) is 13.2 Å². The quantitative estimate of drug-likeness (QED) is 0.813. The summed E-state index contributed by atoms with van der Waals surface area (Å²) in [6.07, 6.45) is 0. The highest BCUT2D eigenvalue weighted by Crippen LogP contribution is 2.35. The van der Waals surface area contributed by atoms with Gasteiger partial charge < -0.3 is 9.47 Å². The smallest absolute Gasteiger partial charge is 0.151 e. The van der Waals surface area contributed by atoms with Gasteiger partial charge in [-0.1, -0.05) is 30.3 Å². The molecular weight excluding hydrogens is 240 g/mol. The number of hydrogen-bond donors (Lipinski definition) is 1. The van der Waals surface area contributed by atoms with E-state index in [0.717, 1.165) is 11.1 Å². The van der Waals surface area contributed by atoms with Gasteiger partial charge >= 0.3 is 0 Å². The van der Waals surface area contributed by atoms with Gasteiger partial charge in [-0.25, -0.2) is 5.53 Å². The van der Waals surface area contributed by atoms with E-state index in [9.17, 15) is 0 Å². The minimum Gasteiger partial charge on any atom is -0.497 e. The third kappa shape index (κ3) is 3.10. The molecule has 2 aromatic carbocycles. The molecule has 0 spiro atoms. The van der Waals surface area contributed by atoms with Crippen LogP contribution in [0.4, 0.5) is 5.69 Å². The van der Waals surface area contributed by atoms with Crippen molar-refractivity contribution < 1.29 is 9.47 Å². The summed E-state index contributed by atoms with van der Waals surface area (Å²) in [7, 11) is 1.60. The first-order valence-electron chi connectivity index (χ1n) is 5.97. The maximum absolute atomic E-state index is 7.24. The summed E-state index contributed by atoms with van der Waals surface area (Å²) in [5.41, 5.74) is 9.71. The highest BCUT2D eigenvalue weighted by atomic mass is 16.5. The predicted octanol–water partition coefficient (Wildman–Crippen LogP) is 4.25. The number of benzene rings is 2. The molecule has 0 aliphatic carbocycles. The molecule has 1 N–H and O–H groups in total. The van der Waals surface area contributed by atoms with Crippen LogP contribution >= 0.6 is 0 Å². The highest BCUT2D eigenvalue weighted by Gasteiger charge is 2.09. The summed E-state index contributed by atoms with van der Waals surface area (Å²) < 4.78 is 10.9. The van der Waals surface area contributed by atoms with Gasteiger partial charge in [0.05, 0.1) is 7.11 Å². The molecule has 4 nitrogen and oxygen atoms in total. The largest absolute Gasteiger partial charge is 0.497 e. The Labute approximate surface area is 112 Å². The molecule has 4 heteroatoms. The van der Waals surface area contributed by atoms with Crippen LogP contribution in [0, 0.1) is 12.5 Å². The van der Waals surface area contributed by atoms with Crippen molar-refractivity contribution in [3.63, 3.8) is 0 Å². The zero-order chi connectivity index (χ0) is 13.7. The number of nitrogens with one attached hydrogen (secondary N) is 1. The number of aryl methyl sites for hydroxylation is 1. The first kappa shape index (κ1) is 13.1. The van der Waals surface area contributed by atoms with Crippen molar-refractivity contribution in [1.29, 1.82) is 5.53 Å². The van der Waals surface area contributed by atoms with Gasteiger partial charge in [0.25, 0.3) is 0 Å². The fourth-order valence-corrected chi connectivity index (χ4v) is 1.82. The Bertz CT molecular complexity index is 568. The fraction of sp³-hybridized carbons (Fsp3) is 0.200. The van der Waals surface area contributed by atoms with E-state index in [1.807, 2.05) is 43.3 Å². The number of nitrogens with zero attached hydrogens (tertiary/aromatic N) is 1. The molecule has 0 radical (unpaired) electrons. The molecule has 2 rings (SSSR count). The summed E-state index contributed by atoms with van der Waals surface area (Å²) in [4.78, 5) is 0. The molecule has 0 fully saturated rings. The van der Waals surface area contributed by atoms with Gasteiger partial charge in [-0.2, -0.15) is 5.11 Å². The lowest BCUT2D eigenvalue weighted by Gasteiger charge is -2.12. The van der Waals surface area contributed by atoms with Crippen molar-refractivity contribution in [2.24, 2.45) is 5.11 Å². The molecule has 0 heterocycles. The maximum Gasteiger partial charge on any atom is 0.151 e. The predicted molar refractivity (Wildman–Crippen MR) is 73.3 cm³/mol. The topological polar surface area (TPSA) is 54.7 Å². The highest BCUT2D eigenvalue weighted by molar-refractivity contribution is 5.60. The van der Waals surface area contributed by atoms with Gasteiger partial charge in [0.2, 0.25) is 0 Å². The number of hydrogen-bond acceptors (Lipinski definition) is 4. The van der Waals surface area contributed by atoms with Gasteiger partial charge in [0, 0.05) is 6.07 Å². The Kier molecular flexibility index (Phi) is 4.13. The average Bonchev–Trinajstić information content (AvgIpc) is 2.45. The molecule has 0 saturated carbocycles. The summed E-state index contributed by atoms with van der Waals surface area (Å²) >= 11 is 0. The van der Waals surface area contributed by atoms with Crippen LogP contribution < -0.4 is 9.47 Å². The van der Waals surface area contributed by atoms with Crippen molar-refractivity contribution in [3.05, 3.63) is 53.6 Å². The standard InChI is InChI=1S/C15H16N2O2/c1-11-8-13(18-2)9-14(15(11)17-16)19-10-12-6-4-3-5-7-12/h3-9,16H,10H2,1-2H3. The molecule has 0 amide bonds. The molecule has 0 saturated heterocycles. The SMILES string of the molecule is COc1cc(C)c(N=N)c(OCc2ccccc2)c1. The summed E-state index contributed by atoms with van der Waals surface area (Å²) in [5, 5.41) is 3.53. The van der Waals surface area contributed by atoms with Crippen molar-refractivity contribution in [1.82, 2.24) is 0 Å². The average molecular weight is 256 g/mol. The zero-order valence-electron chi connectivity index (χ0n) is 11.0. The summed E-state index contributed by atoms with van der Waals surface area (Å²) in [6, 6.07) is 13.5. The Morgan fingerprint density at radius 3 is 2.53 bits per heavy atom. The monoisotopic (exact) mass is 256 g/mol. The Balaban J connectivity index is 2.23. The van der Waals surface area contributed by atoms with E-state index >= 15 is 0 Å². The third-order valence-electron chi connectivity index (χ3n) is 2.82. The first-order chi connectivity index (χ1) is 9.24. The second kappa shape index (κ2) is 6.00. The van der Waals surface area contributed by atoms with Crippen LogP contribution in [0.3, 0.4) is 0 Å². The van der Waals surface area contributed by atoms with E-state index in [1.165, 1.54) is 0 Å². The Morgan fingerprint density at radius 2 is 1.89 bits per heavy atom. The van der Waals surface area contributed by atoms with E-state index in [0.29, 0.717) is 23.8 Å². The van der Waals surface area contributed by atoms with Crippen LogP contribution in [0.1, 0.15) is 11.1 Å².